The van der Waals surface area contributed by atoms with Crippen LogP contribution in [0.2, 0.25) is 0 Å². The van der Waals surface area contributed by atoms with Crippen LogP contribution in [0, 0.1) is 6.92 Å². The summed E-state index contributed by atoms with van der Waals surface area (Å²) in [6.45, 7) is 3.27. The van der Waals surface area contributed by atoms with Gasteiger partial charge in [-0.05, 0) is 37.9 Å². The number of hydrogen-bond donors (Lipinski definition) is 1. The lowest BCUT2D eigenvalue weighted by molar-refractivity contribution is 0.584. The van der Waals surface area contributed by atoms with E-state index >= 15 is 0 Å². The molecule has 1 unspecified atom stereocenters. The first-order valence-corrected chi connectivity index (χ1v) is 5.92. The molecular weight excluding hydrogens is 198 g/mol. The number of imidazole rings is 1. The van der Waals surface area contributed by atoms with Crippen LogP contribution in [-0.4, -0.2) is 16.1 Å². The van der Waals surface area contributed by atoms with Crippen LogP contribution < -0.4 is 5.32 Å². The van der Waals surface area contributed by atoms with E-state index in [1.54, 1.807) is 0 Å². The Morgan fingerprint density at radius 3 is 3.00 bits per heavy atom. The molecule has 1 aliphatic rings. The van der Waals surface area contributed by atoms with Gasteiger partial charge in [0.2, 0.25) is 0 Å². The molecule has 16 heavy (non-hydrogen) atoms. The highest BCUT2D eigenvalue weighted by Gasteiger charge is 2.21. The zero-order valence-electron chi connectivity index (χ0n) is 9.83. The van der Waals surface area contributed by atoms with Gasteiger partial charge < -0.3 is 9.88 Å². The van der Waals surface area contributed by atoms with Gasteiger partial charge in [0, 0.05) is 7.05 Å². The van der Waals surface area contributed by atoms with Crippen molar-refractivity contribution in [3.8, 4) is 0 Å². The van der Waals surface area contributed by atoms with Gasteiger partial charge in [0.05, 0.1) is 17.1 Å². The molecule has 0 aliphatic carbocycles. The number of hydrogen-bond acceptors (Lipinski definition) is 2. The summed E-state index contributed by atoms with van der Waals surface area (Å²) in [4.78, 5) is 4.76. The molecule has 1 fully saturated rings. The van der Waals surface area contributed by atoms with Crippen molar-refractivity contribution < 1.29 is 0 Å². The highest BCUT2D eigenvalue weighted by atomic mass is 15.1. The van der Waals surface area contributed by atoms with Crippen molar-refractivity contribution in [1.82, 2.24) is 14.9 Å². The number of aryl methyl sites for hydroxylation is 2. The minimum Gasteiger partial charge on any atom is -0.330 e. The van der Waals surface area contributed by atoms with Crippen molar-refractivity contribution >= 4 is 11.0 Å². The maximum atomic E-state index is 4.76. The largest absolute Gasteiger partial charge is 0.330 e. The fourth-order valence-electron chi connectivity index (χ4n) is 2.70. The van der Waals surface area contributed by atoms with E-state index in [4.69, 9.17) is 4.98 Å². The number of aromatic nitrogens is 2. The number of para-hydroxylation sites is 1. The molecule has 3 rings (SSSR count). The first kappa shape index (κ1) is 9.85. The molecule has 0 bridgehead atoms. The van der Waals surface area contributed by atoms with Crippen molar-refractivity contribution in [3.05, 3.63) is 29.6 Å². The van der Waals surface area contributed by atoms with Gasteiger partial charge in [0.1, 0.15) is 5.82 Å². The van der Waals surface area contributed by atoms with Gasteiger partial charge in [-0.25, -0.2) is 4.98 Å². The Morgan fingerprint density at radius 1 is 1.44 bits per heavy atom. The van der Waals surface area contributed by atoms with Crippen molar-refractivity contribution in [1.29, 1.82) is 0 Å². The molecule has 1 N–H and O–H groups in total. The lowest BCUT2D eigenvalue weighted by atomic mass is 10.2. The molecule has 1 aliphatic heterocycles. The molecule has 1 atom stereocenters. The van der Waals surface area contributed by atoms with Gasteiger partial charge in [0.15, 0.2) is 0 Å². The van der Waals surface area contributed by atoms with Crippen LogP contribution in [0.3, 0.4) is 0 Å². The summed E-state index contributed by atoms with van der Waals surface area (Å²) in [6.07, 6.45) is 2.46. The minimum atomic E-state index is 0.441. The summed E-state index contributed by atoms with van der Waals surface area (Å²) in [5.41, 5.74) is 3.69. The Labute approximate surface area is 95.5 Å². The number of nitrogens with one attached hydrogen (secondary N) is 1. The second-order valence-electron chi connectivity index (χ2n) is 4.62. The Morgan fingerprint density at radius 2 is 2.31 bits per heavy atom. The SMILES string of the molecule is Cc1cccc2nc(C3CCCN3)n(C)c12. The minimum absolute atomic E-state index is 0.441. The predicted octanol–water partition coefficient (Wildman–Crippen LogP) is 2.31. The van der Waals surface area contributed by atoms with Gasteiger partial charge in [-0.15, -0.1) is 0 Å². The summed E-state index contributed by atoms with van der Waals surface area (Å²) >= 11 is 0. The quantitative estimate of drug-likeness (QED) is 0.791. The molecule has 3 heteroatoms. The van der Waals surface area contributed by atoms with Gasteiger partial charge >= 0.3 is 0 Å². The number of benzene rings is 1. The molecular formula is C13H17N3. The third-order valence-corrected chi connectivity index (χ3v) is 3.50. The van der Waals surface area contributed by atoms with Crippen molar-refractivity contribution in [3.63, 3.8) is 0 Å². The van der Waals surface area contributed by atoms with Crippen molar-refractivity contribution in [2.45, 2.75) is 25.8 Å². The van der Waals surface area contributed by atoms with E-state index in [2.05, 4.69) is 42.1 Å². The fraction of sp³-hybridized carbons (Fsp3) is 0.462. The number of rotatable bonds is 1. The normalized spacial score (nSPS) is 20.8. The average Bonchev–Trinajstić information content (AvgIpc) is 2.86. The molecule has 84 valence electrons. The molecule has 0 saturated carbocycles. The summed E-state index contributed by atoms with van der Waals surface area (Å²) in [5, 5.41) is 3.51. The van der Waals surface area contributed by atoms with E-state index in [1.165, 1.54) is 29.7 Å². The second-order valence-corrected chi connectivity index (χ2v) is 4.62. The molecule has 2 aromatic rings. The Bertz CT molecular complexity index is 521. The van der Waals surface area contributed by atoms with Gasteiger partial charge in [-0.2, -0.15) is 0 Å². The first-order valence-electron chi connectivity index (χ1n) is 5.92. The van der Waals surface area contributed by atoms with Gasteiger partial charge in [0.25, 0.3) is 0 Å². The molecule has 1 saturated heterocycles. The molecule has 3 nitrogen and oxygen atoms in total. The molecule has 1 aromatic carbocycles. The van der Waals surface area contributed by atoms with Crippen LogP contribution >= 0.6 is 0 Å². The summed E-state index contributed by atoms with van der Waals surface area (Å²) in [5.74, 6) is 1.18. The van der Waals surface area contributed by atoms with E-state index in [-0.39, 0.29) is 0 Å². The third kappa shape index (κ3) is 1.35. The van der Waals surface area contributed by atoms with Crippen LogP contribution in [0.15, 0.2) is 18.2 Å². The Hall–Kier alpha value is -1.35. The van der Waals surface area contributed by atoms with Crippen LogP contribution in [0.5, 0.6) is 0 Å². The van der Waals surface area contributed by atoms with E-state index in [0.717, 1.165) is 12.1 Å². The molecule has 2 heterocycles. The zero-order valence-corrected chi connectivity index (χ0v) is 9.83. The lowest BCUT2D eigenvalue weighted by Gasteiger charge is -2.10. The van der Waals surface area contributed by atoms with E-state index < -0.39 is 0 Å². The molecule has 0 amide bonds. The maximum Gasteiger partial charge on any atom is 0.126 e. The number of fused-ring (bicyclic) bond motifs is 1. The Balaban J connectivity index is 2.19. The van der Waals surface area contributed by atoms with E-state index in [9.17, 15) is 0 Å². The average molecular weight is 215 g/mol. The van der Waals surface area contributed by atoms with Crippen LogP contribution in [-0.2, 0) is 7.05 Å². The van der Waals surface area contributed by atoms with Crippen LogP contribution in [0.1, 0.15) is 30.3 Å². The molecule has 0 radical (unpaired) electrons. The second kappa shape index (κ2) is 3.59. The maximum absolute atomic E-state index is 4.76. The molecule has 0 spiro atoms. The Kier molecular flexibility index (Phi) is 2.21. The van der Waals surface area contributed by atoms with Crippen LogP contribution in [0.25, 0.3) is 11.0 Å². The highest BCUT2D eigenvalue weighted by molar-refractivity contribution is 5.79. The summed E-state index contributed by atoms with van der Waals surface area (Å²) in [7, 11) is 2.12. The topological polar surface area (TPSA) is 29.9 Å². The smallest absolute Gasteiger partial charge is 0.126 e. The summed E-state index contributed by atoms with van der Waals surface area (Å²) in [6, 6.07) is 6.77. The standard InChI is InChI=1S/C13H17N3/c1-9-5-3-6-10-12(9)16(2)13(15-10)11-7-4-8-14-11/h3,5-6,11,14H,4,7-8H2,1-2H3. The van der Waals surface area contributed by atoms with Crippen molar-refractivity contribution in [2.75, 3.05) is 6.54 Å². The van der Waals surface area contributed by atoms with Crippen molar-refractivity contribution in [2.24, 2.45) is 7.05 Å². The number of nitrogens with zero attached hydrogens (tertiary/aromatic N) is 2. The van der Waals surface area contributed by atoms with Gasteiger partial charge in [-0.1, -0.05) is 12.1 Å². The fourth-order valence-corrected chi connectivity index (χ4v) is 2.70. The van der Waals surface area contributed by atoms with E-state index in [1.807, 2.05) is 0 Å². The van der Waals surface area contributed by atoms with Gasteiger partial charge in [-0.3, -0.25) is 0 Å². The molecule has 1 aromatic heterocycles. The first-order chi connectivity index (χ1) is 7.77. The lowest BCUT2D eigenvalue weighted by Crippen LogP contribution is -2.16. The predicted molar refractivity (Wildman–Crippen MR) is 65.4 cm³/mol. The summed E-state index contributed by atoms with van der Waals surface area (Å²) < 4.78 is 2.24. The van der Waals surface area contributed by atoms with Crippen LogP contribution in [0.4, 0.5) is 0 Å². The highest BCUT2D eigenvalue weighted by Crippen LogP contribution is 2.26. The monoisotopic (exact) mass is 215 g/mol. The third-order valence-electron chi connectivity index (χ3n) is 3.50. The van der Waals surface area contributed by atoms with E-state index in [0.29, 0.717) is 6.04 Å². The zero-order chi connectivity index (χ0) is 11.1.